The average Bonchev–Trinajstić information content (AvgIpc) is 2.39. The Balaban J connectivity index is 2.22. The van der Waals surface area contributed by atoms with Crippen LogP contribution < -0.4 is 0 Å². The molecule has 1 atom stereocenters. The number of hydrogen-bond donors (Lipinski definition) is 0. The Morgan fingerprint density at radius 2 is 2.00 bits per heavy atom. The third kappa shape index (κ3) is 2.87. The zero-order valence-corrected chi connectivity index (χ0v) is 12.0. The molecule has 1 saturated heterocycles. The summed E-state index contributed by atoms with van der Waals surface area (Å²) in [6.07, 6.45) is 1.91. The number of rotatable bonds is 3. The molecule has 1 aliphatic rings. The Hall–Kier alpha value is -0.580. The predicted molar refractivity (Wildman–Crippen MR) is 73.4 cm³/mol. The topological polar surface area (TPSA) is 37.4 Å². The molecule has 1 unspecified atom stereocenters. The summed E-state index contributed by atoms with van der Waals surface area (Å²) in [5.41, 5.74) is 1.06. The number of benzene rings is 1. The summed E-state index contributed by atoms with van der Waals surface area (Å²) in [6, 6.07) is 7.01. The molecule has 0 aromatic heterocycles. The number of aryl methyl sites for hydroxylation is 1. The van der Waals surface area contributed by atoms with Crippen LogP contribution in [0.5, 0.6) is 0 Å². The maximum atomic E-state index is 12.4. The smallest absolute Gasteiger partial charge is 0.207 e. The molecule has 0 radical (unpaired) electrons. The van der Waals surface area contributed by atoms with Gasteiger partial charge in [-0.05, 0) is 37.8 Å². The van der Waals surface area contributed by atoms with Crippen LogP contribution in [0.15, 0.2) is 29.2 Å². The number of halogens is 1. The molecule has 1 aliphatic heterocycles. The highest BCUT2D eigenvalue weighted by molar-refractivity contribution is 7.89. The number of piperidine rings is 1. The predicted octanol–water partition coefficient (Wildman–Crippen LogP) is 2.63. The number of nitrogens with zero attached hydrogens (tertiary/aromatic N) is 1. The van der Waals surface area contributed by atoms with Crippen molar-refractivity contribution < 1.29 is 8.42 Å². The Bertz CT molecular complexity index is 498. The quantitative estimate of drug-likeness (QED) is 0.802. The molecule has 1 heterocycles. The van der Waals surface area contributed by atoms with Gasteiger partial charge in [-0.1, -0.05) is 17.7 Å². The monoisotopic (exact) mass is 287 g/mol. The first kappa shape index (κ1) is 13.8. The summed E-state index contributed by atoms with van der Waals surface area (Å²) in [5.74, 6) is 0.806. The zero-order chi connectivity index (χ0) is 13.2. The van der Waals surface area contributed by atoms with Gasteiger partial charge in [-0.15, -0.1) is 11.6 Å². The second-order valence-electron chi connectivity index (χ2n) is 4.84. The largest absolute Gasteiger partial charge is 0.243 e. The molecule has 0 bridgehead atoms. The molecular formula is C13H18ClNO2S. The fourth-order valence-corrected chi connectivity index (χ4v) is 4.04. The number of sulfonamides is 1. The molecule has 1 aromatic rings. The van der Waals surface area contributed by atoms with E-state index in [0.29, 0.717) is 23.9 Å². The van der Waals surface area contributed by atoms with E-state index in [1.165, 1.54) is 0 Å². The lowest BCUT2D eigenvalue weighted by Crippen LogP contribution is -2.40. The molecule has 2 rings (SSSR count). The Kier molecular flexibility index (Phi) is 4.30. The van der Waals surface area contributed by atoms with Crippen LogP contribution in [-0.4, -0.2) is 31.7 Å². The molecule has 18 heavy (non-hydrogen) atoms. The first-order valence-electron chi connectivity index (χ1n) is 6.17. The number of hydrogen-bond acceptors (Lipinski definition) is 2. The molecule has 3 nitrogen and oxygen atoms in total. The van der Waals surface area contributed by atoms with Gasteiger partial charge in [-0.3, -0.25) is 0 Å². The van der Waals surface area contributed by atoms with Crippen molar-refractivity contribution in [2.24, 2.45) is 5.92 Å². The lowest BCUT2D eigenvalue weighted by Gasteiger charge is -2.30. The molecule has 5 heteroatoms. The van der Waals surface area contributed by atoms with Crippen LogP contribution in [0.1, 0.15) is 18.4 Å². The minimum absolute atomic E-state index is 0.278. The van der Waals surface area contributed by atoms with Crippen LogP contribution in [0, 0.1) is 12.8 Å². The summed E-state index contributed by atoms with van der Waals surface area (Å²) < 4.78 is 26.4. The molecule has 0 saturated carbocycles. The summed E-state index contributed by atoms with van der Waals surface area (Å²) >= 11 is 5.84. The second kappa shape index (κ2) is 5.59. The van der Waals surface area contributed by atoms with Crippen molar-refractivity contribution in [1.29, 1.82) is 0 Å². The lowest BCUT2D eigenvalue weighted by molar-refractivity contribution is 0.283. The van der Waals surface area contributed by atoms with Gasteiger partial charge in [0.1, 0.15) is 0 Å². The summed E-state index contributed by atoms with van der Waals surface area (Å²) in [7, 11) is -3.35. The first-order valence-corrected chi connectivity index (χ1v) is 8.14. The zero-order valence-electron chi connectivity index (χ0n) is 10.5. The van der Waals surface area contributed by atoms with Gasteiger partial charge in [0.15, 0.2) is 0 Å². The first-order chi connectivity index (χ1) is 8.54. The van der Waals surface area contributed by atoms with Gasteiger partial charge in [0, 0.05) is 19.0 Å². The van der Waals surface area contributed by atoms with E-state index in [0.717, 1.165) is 18.4 Å². The summed E-state index contributed by atoms with van der Waals surface area (Å²) in [5, 5.41) is 0. The third-order valence-electron chi connectivity index (χ3n) is 3.36. The van der Waals surface area contributed by atoms with E-state index in [2.05, 4.69) is 0 Å². The van der Waals surface area contributed by atoms with Gasteiger partial charge in [-0.25, -0.2) is 8.42 Å². The minimum Gasteiger partial charge on any atom is -0.207 e. The summed E-state index contributed by atoms with van der Waals surface area (Å²) in [6.45, 7) is 3.09. The van der Waals surface area contributed by atoms with E-state index in [9.17, 15) is 8.42 Å². The molecule has 0 N–H and O–H groups in total. The van der Waals surface area contributed by atoms with Gasteiger partial charge in [0.2, 0.25) is 10.0 Å². The van der Waals surface area contributed by atoms with Gasteiger partial charge in [-0.2, -0.15) is 4.31 Å². The molecule has 1 fully saturated rings. The van der Waals surface area contributed by atoms with Crippen LogP contribution in [0.3, 0.4) is 0 Å². The van der Waals surface area contributed by atoms with Crippen LogP contribution in [-0.2, 0) is 10.0 Å². The van der Waals surface area contributed by atoms with E-state index < -0.39 is 10.0 Å². The Labute approximate surface area is 114 Å². The SMILES string of the molecule is Cc1ccc(S(=O)(=O)N2CCCC(CCl)C2)cc1. The van der Waals surface area contributed by atoms with E-state index in [1.54, 1.807) is 16.4 Å². The lowest BCUT2D eigenvalue weighted by atomic mass is 10.0. The fourth-order valence-electron chi connectivity index (χ4n) is 2.23. The standard InChI is InChI=1S/C13H18ClNO2S/c1-11-4-6-13(7-5-11)18(16,17)15-8-2-3-12(9-14)10-15/h4-7,12H,2-3,8-10H2,1H3. The molecule has 0 amide bonds. The molecule has 100 valence electrons. The minimum atomic E-state index is -3.35. The van der Waals surface area contributed by atoms with Crippen LogP contribution in [0.25, 0.3) is 0 Å². The number of alkyl halides is 1. The van der Waals surface area contributed by atoms with Crippen molar-refractivity contribution in [2.45, 2.75) is 24.7 Å². The van der Waals surface area contributed by atoms with E-state index in [4.69, 9.17) is 11.6 Å². The average molecular weight is 288 g/mol. The van der Waals surface area contributed by atoms with Gasteiger partial charge < -0.3 is 0 Å². The normalized spacial score (nSPS) is 22.0. The van der Waals surface area contributed by atoms with E-state index in [1.807, 2.05) is 19.1 Å². The third-order valence-corrected chi connectivity index (χ3v) is 5.67. The second-order valence-corrected chi connectivity index (χ2v) is 7.09. The van der Waals surface area contributed by atoms with Crippen molar-refractivity contribution in [3.05, 3.63) is 29.8 Å². The molecule has 0 spiro atoms. The maximum Gasteiger partial charge on any atom is 0.243 e. The van der Waals surface area contributed by atoms with E-state index >= 15 is 0 Å². The highest BCUT2D eigenvalue weighted by Gasteiger charge is 2.29. The van der Waals surface area contributed by atoms with Gasteiger partial charge in [0.25, 0.3) is 0 Å². The van der Waals surface area contributed by atoms with Crippen LogP contribution >= 0.6 is 11.6 Å². The Morgan fingerprint density at radius 3 is 2.61 bits per heavy atom. The van der Waals surface area contributed by atoms with Crippen molar-refractivity contribution in [1.82, 2.24) is 4.31 Å². The van der Waals surface area contributed by atoms with Gasteiger partial charge in [0.05, 0.1) is 4.90 Å². The Morgan fingerprint density at radius 1 is 1.33 bits per heavy atom. The van der Waals surface area contributed by atoms with Crippen molar-refractivity contribution in [2.75, 3.05) is 19.0 Å². The summed E-state index contributed by atoms with van der Waals surface area (Å²) in [4.78, 5) is 0.378. The van der Waals surface area contributed by atoms with Crippen LogP contribution in [0.4, 0.5) is 0 Å². The molecular weight excluding hydrogens is 270 g/mol. The highest BCUT2D eigenvalue weighted by Crippen LogP contribution is 2.24. The maximum absolute atomic E-state index is 12.4. The fraction of sp³-hybridized carbons (Fsp3) is 0.538. The van der Waals surface area contributed by atoms with Gasteiger partial charge >= 0.3 is 0 Å². The highest BCUT2D eigenvalue weighted by atomic mass is 35.5. The van der Waals surface area contributed by atoms with Crippen LogP contribution in [0.2, 0.25) is 0 Å². The molecule has 1 aromatic carbocycles. The molecule has 0 aliphatic carbocycles. The van der Waals surface area contributed by atoms with E-state index in [-0.39, 0.29) is 5.92 Å². The van der Waals surface area contributed by atoms with Crippen molar-refractivity contribution >= 4 is 21.6 Å². The van der Waals surface area contributed by atoms with Crippen molar-refractivity contribution in [3.8, 4) is 0 Å². The van der Waals surface area contributed by atoms with Crippen molar-refractivity contribution in [3.63, 3.8) is 0 Å².